The van der Waals surface area contributed by atoms with Gasteiger partial charge in [0.1, 0.15) is 0 Å². The van der Waals surface area contributed by atoms with E-state index < -0.39 is 3.79 Å². The van der Waals surface area contributed by atoms with E-state index in [0.29, 0.717) is 6.42 Å². The van der Waals surface area contributed by atoms with Gasteiger partial charge in [-0.25, -0.2) is 0 Å². The number of benzene rings is 1. The van der Waals surface area contributed by atoms with Crippen LogP contribution in [-0.2, 0) is 0 Å². The zero-order valence-corrected chi connectivity index (χ0v) is 11.8. The molecule has 1 aromatic rings. The third-order valence-corrected chi connectivity index (χ3v) is 4.68. The Morgan fingerprint density at radius 2 is 1.80 bits per heavy atom. The third kappa shape index (κ3) is 6.01. The first-order chi connectivity index (χ1) is 7.01. The van der Waals surface area contributed by atoms with Gasteiger partial charge in [-0.05, 0) is 0 Å². The molecule has 0 saturated carbocycles. The summed E-state index contributed by atoms with van der Waals surface area (Å²) >= 11 is 17.2. The molecule has 0 aliphatic rings. The average molecular weight is 333 g/mol. The summed E-state index contributed by atoms with van der Waals surface area (Å²) in [6.45, 7) is 0.0583. The van der Waals surface area contributed by atoms with Crippen molar-refractivity contribution in [1.29, 1.82) is 0 Å². The SMILES string of the molecule is OCC(CC(Cl)(Cl)Cl)[Se]c1ccccc1. The molecule has 0 heterocycles. The van der Waals surface area contributed by atoms with Gasteiger partial charge in [0.25, 0.3) is 0 Å². The molecular weight excluding hydrogens is 321 g/mol. The number of hydrogen-bond donors (Lipinski definition) is 1. The fourth-order valence-corrected chi connectivity index (χ4v) is 4.60. The molecule has 0 saturated heterocycles. The summed E-state index contributed by atoms with van der Waals surface area (Å²) in [4.78, 5) is 0.0485. The molecule has 1 atom stereocenters. The summed E-state index contributed by atoms with van der Waals surface area (Å²) in [6.07, 6.45) is 0.392. The van der Waals surface area contributed by atoms with Gasteiger partial charge in [0.15, 0.2) is 0 Å². The molecule has 0 fully saturated rings. The van der Waals surface area contributed by atoms with E-state index in [4.69, 9.17) is 34.8 Å². The summed E-state index contributed by atoms with van der Waals surface area (Å²) in [7, 11) is 0. The molecule has 1 unspecified atom stereocenters. The van der Waals surface area contributed by atoms with Crippen molar-refractivity contribution < 1.29 is 5.11 Å². The topological polar surface area (TPSA) is 20.2 Å². The first-order valence-electron chi connectivity index (χ1n) is 4.40. The van der Waals surface area contributed by atoms with E-state index >= 15 is 0 Å². The average Bonchev–Trinajstić information content (AvgIpc) is 2.16. The Bertz CT molecular complexity index is 286. The Labute approximate surface area is 111 Å². The standard InChI is InChI=1S/C10H11Cl3OSe/c11-10(12,13)6-9(7-14)15-8-4-2-1-3-5-8/h1-5,9,14H,6-7H2. The van der Waals surface area contributed by atoms with Crippen molar-refractivity contribution in [3.8, 4) is 0 Å². The fraction of sp³-hybridized carbons (Fsp3) is 0.400. The van der Waals surface area contributed by atoms with E-state index in [2.05, 4.69) is 0 Å². The van der Waals surface area contributed by atoms with Crippen LogP contribution in [0.1, 0.15) is 6.42 Å². The number of hydrogen-bond acceptors (Lipinski definition) is 1. The molecule has 1 N–H and O–H groups in total. The quantitative estimate of drug-likeness (QED) is 0.664. The Balaban J connectivity index is 2.55. The molecule has 0 amide bonds. The van der Waals surface area contributed by atoms with Gasteiger partial charge < -0.3 is 0 Å². The number of aliphatic hydroxyl groups is 1. The predicted molar refractivity (Wildman–Crippen MR) is 67.6 cm³/mol. The number of aliphatic hydroxyl groups excluding tert-OH is 1. The first kappa shape index (κ1) is 13.6. The molecule has 1 rings (SSSR count). The molecule has 0 aliphatic carbocycles. The molecular formula is C10H11Cl3OSe. The van der Waals surface area contributed by atoms with E-state index in [0.717, 1.165) is 0 Å². The summed E-state index contributed by atoms with van der Waals surface area (Å²) in [5, 5.41) is 9.19. The molecule has 0 aliphatic heterocycles. The van der Waals surface area contributed by atoms with Crippen molar-refractivity contribution in [2.45, 2.75) is 15.0 Å². The van der Waals surface area contributed by atoms with Crippen LogP contribution in [0.4, 0.5) is 0 Å². The van der Waals surface area contributed by atoms with Gasteiger partial charge in [-0.15, -0.1) is 0 Å². The molecule has 1 nitrogen and oxygen atoms in total. The maximum absolute atomic E-state index is 9.19. The van der Waals surface area contributed by atoms with Crippen LogP contribution < -0.4 is 4.46 Å². The van der Waals surface area contributed by atoms with E-state index in [-0.39, 0.29) is 26.4 Å². The second kappa shape index (κ2) is 6.34. The van der Waals surface area contributed by atoms with Crippen LogP contribution in [0.25, 0.3) is 0 Å². The molecule has 84 valence electrons. The van der Waals surface area contributed by atoms with Gasteiger partial charge in [0.2, 0.25) is 0 Å². The van der Waals surface area contributed by atoms with Crippen molar-refractivity contribution in [3.05, 3.63) is 30.3 Å². The van der Waals surface area contributed by atoms with Crippen LogP contribution in [0.5, 0.6) is 0 Å². The van der Waals surface area contributed by atoms with E-state index in [9.17, 15) is 5.11 Å². The van der Waals surface area contributed by atoms with Gasteiger partial charge in [0.05, 0.1) is 0 Å². The number of halogens is 3. The van der Waals surface area contributed by atoms with Crippen LogP contribution in [0, 0.1) is 0 Å². The second-order valence-corrected chi connectivity index (χ2v) is 8.45. The predicted octanol–water partition coefficient (Wildman–Crippen LogP) is 2.56. The van der Waals surface area contributed by atoms with Crippen LogP contribution in [0.3, 0.4) is 0 Å². The van der Waals surface area contributed by atoms with Crippen LogP contribution in [0.15, 0.2) is 30.3 Å². The van der Waals surface area contributed by atoms with E-state index in [1.54, 1.807) is 0 Å². The summed E-state index contributed by atoms with van der Waals surface area (Å²) < 4.78 is -0.0671. The monoisotopic (exact) mass is 332 g/mol. The zero-order valence-electron chi connectivity index (χ0n) is 7.87. The minimum absolute atomic E-state index is 0.0485. The normalized spacial score (nSPS) is 13.9. The van der Waals surface area contributed by atoms with Crippen molar-refractivity contribution in [3.63, 3.8) is 0 Å². The third-order valence-electron chi connectivity index (χ3n) is 1.71. The van der Waals surface area contributed by atoms with Crippen molar-refractivity contribution in [2.75, 3.05) is 6.61 Å². The Morgan fingerprint density at radius 1 is 1.20 bits per heavy atom. The van der Waals surface area contributed by atoms with Crippen molar-refractivity contribution >= 4 is 54.2 Å². The van der Waals surface area contributed by atoms with E-state index in [1.807, 2.05) is 30.3 Å². The first-order valence-corrected chi connectivity index (χ1v) is 7.38. The van der Waals surface area contributed by atoms with Crippen molar-refractivity contribution in [2.24, 2.45) is 0 Å². The summed E-state index contributed by atoms with van der Waals surface area (Å²) in [5.74, 6) is 0. The Morgan fingerprint density at radius 3 is 2.27 bits per heavy atom. The minimum atomic E-state index is -1.27. The Hall–Kier alpha value is 0.569. The maximum atomic E-state index is 9.19. The van der Waals surface area contributed by atoms with Gasteiger partial charge in [-0.2, -0.15) is 0 Å². The summed E-state index contributed by atoms with van der Waals surface area (Å²) in [5.41, 5.74) is 0. The van der Waals surface area contributed by atoms with Crippen LogP contribution >= 0.6 is 34.8 Å². The number of rotatable bonds is 4. The van der Waals surface area contributed by atoms with Crippen molar-refractivity contribution in [1.82, 2.24) is 0 Å². The zero-order chi connectivity index (χ0) is 11.3. The van der Waals surface area contributed by atoms with Crippen LogP contribution in [-0.4, -0.2) is 30.5 Å². The van der Waals surface area contributed by atoms with Gasteiger partial charge in [0, 0.05) is 0 Å². The van der Waals surface area contributed by atoms with Crippen LogP contribution in [0.2, 0.25) is 4.82 Å². The Kier molecular flexibility index (Phi) is 5.76. The van der Waals surface area contributed by atoms with Gasteiger partial charge in [-0.3, -0.25) is 0 Å². The molecule has 15 heavy (non-hydrogen) atoms. The molecule has 0 radical (unpaired) electrons. The van der Waals surface area contributed by atoms with Gasteiger partial charge in [-0.1, -0.05) is 0 Å². The molecule has 0 aromatic heterocycles. The fourth-order valence-electron chi connectivity index (χ4n) is 1.09. The summed E-state index contributed by atoms with van der Waals surface area (Å²) in [6, 6.07) is 9.96. The second-order valence-electron chi connectivity index (χ2n) is 3.05. The molecule has 1 aromatic carbocycles. The molecule has 5 heteroatoms. The molecule has 0 bridgehead atoms. The number of alkyl halides is 3. The van der Waals surface area contributed by atoms with E-state index in [1.165, 1.54) is 4.46 Å². The van der Waals surface area contributed by atoms with Gasteiger partial charge >= 0.3 is 111 Å². The molecule has 0 spiro atoms.